The number of hydrogen-bond donors (Lipinski definition) is 1. The molecular formula is C24H15F4N3O5. The van der Waals surface area contributed by atoms with Gasteiger partial charge in [0.15, 0.2) is 0 Å². The minimum atomic E-state index is -4.75. The zero-order chi connectivity index (χ0) is 26.0. The first-order valence-electron chi connectivity index (χ1n) is 10.2. The SMILES string of the molecule is O=C1N/C(=C/c2ccc(Oc3ccc(C(F)(F)F)cc3[N+](=O)[O-])cc2)C(=O)N1Cc1ccccc1F. The van der Waals surface area contributed by atoms with Gasteiger partial charge < -0.3 is 10.1 Å². The molecule has 0 aromatic heterocycles. The summed E-state index contributed by atoms with van der Waals surface area (Å²) in [4.78, 5) is 35.9. The van der Waals surface area contributed by atoms with Crippen molar-refractivity contribution < 1.29 is 36.8 Å². The van der Waals surface area contributed by atoms with Crippen LogP contribution in [0.15, 0.2) is 72.4 Å². The van der Waals surface area contributed by atoms with Gasteiger partial charge in [-0.25, -0.2) is 9.18 Å². The molecule has 0 aliphatic carbocycles. The number of imide groups is 1. The lowest BCUT2D eigenvalue weighted by Gasteiger charge is -2.12. The summed E-state index contributed by atoms with van der Waals surface area (Å²) >= 11 is 0. The summed E-state index contributed by atoms with van der Waals surface area (Å²) in [6, 6.07) is 12.6. The number of hydrogen-bond acceptors (Lipinski definition) is 5. The fourth-order valence-electron chi connectivity index (χ4n) is 3.36. The monoisotopic (exact) mass is 501 g/mol. The fourth-order valence-corrected chi connectivity index (χ4v) is 3.36. The standard InChI is InChI=1S/C24H15F4N3O5/c25-18-4-2-1-3-15(18)13-30-22(32)19(29-23(30)33)11-14-5-8-17(9-6-14)36-21-10-7-16(24(26,27)28)12-20(21)31(34)35/h1-12H,13H2,(H,29,33)/b19-11+. The van der Waals surface area contributed by atoms with Gasteiger partial charge in [0.2, 0.25) is 5.75 Å². The number of urea groups is 1. The van der Waals surface area contributed by atoms with E-state index in [-0.39, 0.29) is 29.3 Å². The van der Waals surface area contributed by atoms with Gasteiger partial charge in [-0.1, -0.05) is 30.3 Å². The zero-order valence-electron chi connectivity index (χ0n) is 18.1. The summed E-state index contributed by atoms with van der Waals surface area (Å²) in [6.45, 7) is -0.257. The maximum absolute atomic E-state index is 13.9. The van der Waals surface area contributed by atoms with Crippen molar-refractivity contribution in [3.05, 3.63) is 105 Å². The Morgan fingerprint density at radius 2 is 1.72 bits per heavy atom. The molecular weight excluding hydrogens is 486 g/mol. The molecule has 0 radical (unpaired) electrons. The van der Waals surface area contributed by atoms with Crippen LogP contribution in [-0.4, -0.2) is 21.8 Å². The number of nitrogens with one attached hydrogen (secondary N) is 1. The van der Waals surface area contributed by atoms with Crippen LogP contribution in [0.3, 0.4) is 0 Å². The quantitative estimate of drug-likeness (QED) is 0.155. The molecule has 3 aromatic carbocycles. The lowest BCUT2D eigenvalue weighted by atomic mass is 10.1. The number of carbonyl (C=O) groups excluding carboxylic acids is 2. The molecule has 1 N–H and O–H groups in total. The molecule has 3 aromatic rings. The number of carbonyl (C=O) groups is 2. The van der Waals surface area contributed by atoms with E-state index in [1.807, 2.05) is 0 Å². The molecule has 1 saturated heterocycles. The number of rotatable bonds is 6. The molecule has 0 bridgehead atoms. The molecule has 1 heterocycles. The van der Waals surface area contributed by atoms with Crippen LogP contribution in [0.25, 0.3) is 6.08 Å². The fraction of sp³-hybridized carbons (Fsp3) is 0.0833. The Hall–Kier alpha value is -4.74. The van der Waals surface area contributed by atoms with Crippen LogP contribution in [0.2, 0.25) is 0 Å². The third-order valence-corrected chi connectivity index (χ3v) is 5.15. The Balaban J connectivity index is 1.50. The summed E-state index contributed by atoms with van der Waals surface area (Å²) in [6.07, 6.45) is -3.39. The highest BCUT2D eigenvalue weighted by atomic mass is 19.4. The first kappa shape index (κ1) is 24.4. The molecule has 3 amide bonds. The largest absolute Gasteiger partial charge is 0.450 e. The molecule has 12 heteroatoms. The Kier molecular flexibility index (Phi) is 6.43. The van der Waals surface area contributed by atoms with Crippen molar-refractivity contribution in [3.8, 4) is 11.5 Å². The Bertz CT molecular complexity index is 1390. The number of nitrogens with zero attached hydrogens (tertiary/aromatic N) is 2. The number of ether oxygens (including phenoxy) is 1. The Labute approximate surface area is 200 Å². The van der Waals surface area contributed by atoms with Crippen molar-refractivity contribution in [1.82, 2.24) is 10.2 Å². The highest BCUT2D eigenvalue weighted by molar-refractivity contribution is 6.13. The van der Waals surface area contributed by atoms with Gasteiger partial charge in [0, 0.05) is 11.6 Å². The van der Waals surface area contributed by atoms with Gasteiger partial charge in [-0.2, -0.15) is 13.2 Å². The van der Waals surface area contributed by atoms with Gasteiger partial charge >= 0.3 is 17.9 Å². The molecule has 36 heavy (non-hydrogen) atoms. The van der Waals surface area contributed by atoms with E-state index in [2.05, 4.69) is 5.32 Å². The normalized spacial score (nSPS) is 14.8. The molecule has 1 fully saturated rings. The number of halogens is 4. The Morgan fingerprint density at radius 1 is 1.03 bits per heavy atom. The smallest absolute Gasteiger partial charge is 0.416 e. The van der Waals surface area contributed by atoms with E-state index >= 15 is 0 Å². The maximum atomic E-state index is 13.9. The van der Waals surface area contributed by atoms with Gasteiger partial charge in [0.25, 0.3) is 5.91 Å². The van der Waals surface area contributed by atoms with Crippen molar-refractivity contribution in [3.63, 3.8) is 0 Å². The van der Waals surface area contributed by atoms with Crippen LogP contribution in [-0.2, 0) is 17.5 Å². The van der Waals surface area contributed by atoms with E-state index in [0.29, 0.717) is 17.7 Å². The van der Waals surface area contributed by atoms with Crippen molar-refractivity contribution in [2.24, 2.45) is 0 Å². The van der Waals surface area contributed by atoms with Crippen LogP contribution in [0, 0.1) is 15.9 Å². The third kappa shape index (κ3) is 5.17. The maximum Gasteiger partial charge on any atom is 0.416 e. The molecule has 184 valence electrons. The number of nitro benzene ring substituents is 1. The molecule has 0 saturated carbocycles. The second-order valence-corrected chi connectivity index (χ2v) is 7.58. The minimum absolute atomic E-state index is 0.0524. The summed E-state index contributed by atoms with van der Waals surface area (Å²) in [5.41, 5.74) is -1.48. The van der Waals surface area contributed by atoms with Crippen LogP contribution in [0.5, 0.6) is 11.5 Å². The predicted octanol–water partition coefficient (Wildman–Crippen LogP) is 5.64. The van der Waals surface area contributed by atoms with Crippen molar-refractivity contribution in [2.75, 3.05) is 0 Å². The Morgan fingerprint density at radius 3 is 2.36 bits per heavy atom. The topological polar surface area (TPSA) is 102 Å². The summed E-state index contributed by atoms with van der Waals surface area (Å²) in [5, 5.41) is 13.6. The lowest BCUT2D eigenvalue weighted by Crippen LogP contribution is -2.30. The second kappa shape index (κ2) is 9.49. The van der Waals surface area contributed by atoms with E-state index in [1.165, 1.54) is 48.5 Å². The number of alkyl halides is 3. The average molecular weight is 501 g/mol. The van der Waals surface area contributed by atoms with Crippen LogP contribution >= 0.6 is 0 Å². The van der Waals surface area contributed by atoms with E-state index in [0.717, 1.165) is 11.0 Å². The first-order chi connectivity index (χ1) is 17.0. The predicted molar refractivity (Wildman–Crippen MR) is 118 cm³/mol. The van der Waals surface area contributed by atoms with Crippen molar-refractivity contribution >= 4 is 23.7 Å². The van der Waals surface area contributed by atoms with E-state index in [9.17, 15) is 37.3 Å². The molecule has 0 unspecified atom stereocenters. The first-order valence-corrected chi connectivity index (χ1v) is 10.2. The van der Waals surface area contributed by atoms with E-state index in [1.54, 1.807) is 6.07 Å². The van der Waals surface area contributed by atoms with Gasteiger partial charge in [-0.15, -0.1) is 0 Å². The van der Waals surface area contributed by atoms with Crippen molar-refractivity contribution in [2.45, 2.75) is 12.7 Å². The second-order valence-electron chi connectivity index (χ2n) is 7.58. The molecule has 0 spiro atoms. The summed E-state index contributed by atoms with van der Waals surface area (Å²) in [7, 11) is 0. The third-order valence-electron chi connectivity index (χ3n) is 5.15. The molecule has 0 atom stereocenters. The van der Waals surface area contributed by atoms with E-state index in [4.69, 9.17) is 4.74 Å². The van der Waals surface area contributed by atoms with Gasteiger partial charge in [0.05, 0.1) is 17.0 Å². The summed E-state index contributed by atoms with van der Waals surface area (Å²) in [5.74, 6) is -1.52. The molecule has 8 nitrogen and oxygen atoms in total. The van der Waals surface area contributed by atoms with Crippen LogP contribution in [0.4, 0.5) is 28.0 Å². The van der Waals surface area contributed by atoms with Crippen LogP contribution < -0.4 is 10.1 Å². The average Bonchev–Trinajstić information content (AvgIpc) is 3.08. The number of amides is 3. The lowest BCUT2D eigenvalue weighted by molar-refractivity contribution is -0.385. The van der Waals surface area contributed by atoms with Crippen LogP contribution in [0.1, 0.15) is 16.7 Å². The highest BCUT2D eigenvalue weighted by Crippen LogP contribution is 2.37. The summed E-state index contributed by atoms with van der Waals surface area (Å²) < 4.78 is 57.9. The minimum Gasteiger partial charge on any atom is -0.450 e. The zero-order valence-corrected chi connectivity index (χ0v) is 18.1. The van der Waals surface area contributed by atoms with Gasteiger partial charge in [-0.05, 0) is 42.0 Å². The molecule has 1 aliphatic heterocycles. The van der Waals surface area contributed by atoms with Gasteiger partial charge in [0.1, 0.15) is 17.3 Å². The number of nitro groups is 1. The number of benzene rings is 3. The molecule has 1 aliphatic rings. The molecule has 4 rings (SSSR count). The van der Waals surface area contributed by atoms with Crippen molar-refractivity contribution in [1.29, 1.82) is 0 Å². The van der Waals surface area contributed by atoms with Gasteiger partial charge in [-0.3, -0.25) is 19.8 Å². The van der Waals surface area contributed by atoms with E-state index < -0.39 is 40.1 Å². The highest BCUT2D eigenvalue weighted by Gasteiger charge is 2.34.